The van der Waals surface area contributed by atoms with Gasteiger partial charge in [0.2, 0.25) is 0 Å². The number of nitrogens with one attached hydrogen (secondary N) is 1. The van der Waals surface area contributed by atoms with Crippen LogP contribution in [0.4, 0.5) is 4.79 Å². The molecule has 0 aromatic heterocycles. The topological polar surface area (TPSA) is 64.6 Å². The molecule has 0 unspecified atom stereocenters. The number of alkyl carbamates (subject to hydrolysis) is 1. The fraction of sp³-hybridized carbons (Fsp3) is 0.818. The van der Waals surface area contributed by atoms with E-state index in [1.54, 1.807) is 27.7 Å². The molecular formula is C11H19NO4. The maximum absolute atomic E-state index is 11.5. The van der Waals surface area contributed by atoms with Gasteiger partial charge in [-0.15, -0.1) is 0 Å². The van der Waals surface area contributed by atoms with Crippen LogP contribution < -0.4 is 5.32 Å². The predicted octanol–water partition coefficient (Wildman–Crippen LogP) is 1.61. The van der Waals surface area contributed by atoms with Crippen molar-refractivity contribution in [3.05, 3.63) is 0 Å². The zero-order chi connectivity index (χ0) is 12.3. The molecule has 1 rings (SSSR count). The SMILES string of the molecule is C[C@@H]1OC(=O)CC[C@@H]1NC(=O)OC(C)(C)C. The van der Waals surface area contributed by atoms with E-state index in [9.17, 15) is 9.59 Å². The summed E-state index contributed by atoms with van der Waals surface area (Å²) in [5.74, 6) is -0.213. The molecule has 1 N–H and O–H groups in total. The first-order valence-corrected chi connectivity index (χ1v) is 5.47. The van der Waals surface area contributed by atoms with E-state index in [1.165, 1.54) is 0 Å². The molecule has 1 aliphatic heterocycles. The molecule has 2 atom stereocenters. The standard InChI is InChI=1S/C11H19NO4/c1-7-8(5-6-9(13)15-7)12-10(14)16-11(2,3)4/h7-8H,5-6H2,1-4H3,(H,12,14)/t7-,8-/m0/s1. The molecule has 0 spiro atoms. The number of amides is 1. The third-order valence-corrected chi connectivity index (χ3v) is 2.25. The van der Waals surface area contributed by atoms with Gasteiger partial charge >= 0.3 is 12.1 Å². The van der Waals surface area contributed by atoms with Crippen molar-refractivity contribution in [2.24, 2.45) is 0 Å². The lowest BCUT2D eigenvalue weighted by molar-refractivity contribution is -0.154. The molecule has 5 nitrogen and oxygen atoms in total. The second-order valence-corrected chi connectivity index (χ2v) is 4.99. The summed E-state index contributed by atoms with van der Waals surface area (Å²) in [4.78, 5) is 22.4. The van der Waals surface area contributed by atoms with Crippen molar-refractivity contribution >= 4 is 12.1 Å². The third-order valence-electron chi connectivity index (χ3n) is 2.25. The quantitative estimate of drug-likeness (QED) is 0.694. The van der Waals surface area contributed by atoms with E-state index in [1.807, 2.05) is 0 Å². The second kappa shape index (κ2) is 4.72. The molecule has 16 heavy (non-hydrogen) atoms. The minimum atomic E-state index is -0.515. The first-order valence-electron chi connectivity index (χ1n) is 5.47. The molecule has 0 radical (unpaired) electrons. The molecule has 1 fully saturated rings. The van der Waals surface area contributed by atoms with Gasteiger partial charge in [-0.3, -0.25) is 4.79 Å². The van der Waals surface area contributed by atoms with Crippen LogP contribution >= 0.6 is 0 Å². The maximum atomic E-state index is 11.5. The fourth-order valence-electron chi connectivity index (χ4n) is 1.50. The summed E-state index contributed by atoms with van der Waals surface area (Å²) in [6.45, 7) is 7.17. The normalized spacial score (nSPS) is 25.9. The van der Waals surface area contributed by atoms with Gasteiger partial charge in [-0.1, -0.05) is 0 Å². The van der Waals surface area contributed by atoms with Crippen molar-refractivity contribution in [3.63, 3.8) is 0 Å². The highest BCUT2D eigenvalue weighted by Gasteiger charge is 2.29. The van der Waals surface area contributed by atoms with E-state index in [2.05, 4.69) is 5.32 Å². The van der Waals surface area contributed by atoms with Gasteiger partial charge in [0.25, 0.3) is 0 Å². The smallest absolute Gasteiger partial charge is 0.408 e. The van der Waals surface area contributed by atoms with Gasteiger partial charge in [0.05, 0.1) is 6.04 Å². The lowest BCUT2D eigenvalue weighted by atomic mass is 10.0. The largest absolute Gasteiger partial charge is 0.460 e. The van der Waals surface area contributed by atoms with Crippen molar-refractivity contribution in [1.29, 1.82) is 0 Å². The highest BCUT2D eigenvalue weighted by Crippen LogP contribution is 2.15. The lowest BCUT2D eigenvalue weighted by Crippen LogP contribution is -2.48. The van der Waals surface area contributed by atoms with Crippen molar-refractivity contribution < 1.29 is 19.1 Å². The number of carbonyl (C=O) groups is 2. The van der Waals surface area contributed by atoms with Crippen molar-refractivity contribution in [2.45, 2.75) is 58.3 Å². The van der Waals surface area contributed by atoms with Gasteiger partial charge in [0.1, 0.15) is 11.7 Å². The molecule has 1 aliphatic rings. The summed E-state index contributed by atoms with van der Waals surface area (Å²) in [6, 6.07) is -0.160. The van der Waals surface area contributed by atoms with Crippen LogP contribution in [0.15, 0.2) is 0 Å². The van der Waals surface area contributed by atoms with Gasteiger partial charge in [-0.2, -0.15) is 0 Å². The highest BCUT2D eigenvalue weighted by molar-refractivity contribution is 5.72. The van der Waals surface area contributed by atoms with Crippen molar-refractivity contribution in [3.8, 4) is 0 Å². The van der Waals surface area contributed by atoms with Gasteiger partial charge in [0, 0.05) is 6.42 Å². The van der Waals surface area contributed by atoms with Crippen LogP contribution in [0.2, 0.25) is 0 Å². The van der Waals surface area contributed by atoms with E-state index in [0.29, 0.717) is 12.8 Å². The summed E-state index contributed by atoms with van der Waals surface area (Å²) in [5.41, 5.74) is -0.515. The van der Waals surface area contributed by atoms with Crippen molar-refractivity contribution in [2.75, 3.05) is 0 Å². The van der Waals surface area contributed by atoms with E-state index < -0.39 is 11.7 Å². The Balaban J connectivity index is 2.42. The Labute approximate surface area is 95.5 Å². The fourth-order valence-corrected chi connectivity index (χ4v) is 1.50. The maximum Gasteiger partial charge on any atom is 0.408 e. The molecule has 0 saturated carbocycles. The van der Waals surface area contributed by atoms with Gasteiger partial charge in [0.15, 0.2) is 0 Å². The number of ether oxygens (including phenoxy) is 2. The Kier molecular flexibility index (Phi) is 3.78. The van der Waals surface area contributed by atoms with E-state index in [-0.39, 0.29) is 18.1 Å². The molecular weight excluding hydrogens is 210 g/mol. The zero-order valence-electron chi connectivity index (χ0n) is 10.2. The Bertz CT molecular complexity index is 282. The Morgan fingerprint density at radius 3 is 2.62 bits per heavy atom. The van der Waals surface area contributed by atoms with E-state index >= 15 is 0 Å². The molecule has 0 aromatic carbocycles. The molecule has 1 heterocycles. The van der Waals surface area contributed by atoms with Crippen LogP contribution in [-0.4, -0.2) is 29.8 Å². The monoisotopic (exact) mass is 229 g/mol. The molecule has 5 heteroatoms. The van der Waals surface area contributed by atoms with Gasteiger partial charge in [-0.25, -0.2) is 4.79 Å². The number of hydrogen-bond acceptors (Lipinski definition) is 4. The number of rotatable bonds is 1. The van der Waals surface area contributed by atoms with Gasteiger partial charge in [-0.05, 0) is 34.1 Å². The molecule has 0 aliphatic carbocycles. The van der Waals surface area contributed by atoms with Crippen LogP contribution in [0.25, 0.3) is 0 Å². The average Bonchev–Trinajstić information content (AvgIpc) is 2.06. The molecule has 1 saturated heterocycles. The summed E-state index contributed by atoms with van der Waals surface area (Å²) >= 11 is 0. The first kappa shape index (κ1) is 12.8. The number of hydrogen-bond donors (Lipinski definition) is 1. The summed E-state index contributed by atoms with van der Waals surface area (Å²) < 4.78 is 10.1. The van der Waals surface area contributed by atoms with Crippen LogP contribution in [0, 0.1) is 0 Å². The minimum absolute atomic E-state index is 0.160. The summed E-state index contributed by atoms with van der Waals surface area (Å²) in [5, 5.41) is 2.71. The van der Waals surface area contributed by atoms with Crippen molar-refractivity contribution in [1.82, 2.24) is 5.32 Å². The number of carbonyl (C=O) groups excluding carboxylic acids is 2. The number of esters is 1. The average molecular weight is 229 g/mol. The van der Waals surface area contributed by atoms with Crippen LogP contribution in [0.5, 0.6) is 0 Å². The first-order chi connectivity index (χ1) is 7.28. The molecule has 1 amide bonds. The minimum Gasteiger partial charge on any atom is -0.460 e. The highest BCUT2D eigenvalue weighted by atomic mass is 16.6. The molecule has 0 bridgehead atoms. The molecule has 0 aromatic rings. The zero-order valence-corrected chi connectivity index (χ0v) is 10.2. The van der Waals surface area contributed by atoms with E-state index in [4.69, 9.17) is 9.47 Å². The van der Waals surface area contributed by atoms with E-state index in [0.717, 1.165) is 0 Å². The van der Waals surface area contributed by atoms with Crippen LogP contribution in [0.1, 0.15) is 40.5 Å². The van der Waals surface area contributed by atoms with Crippen LogP contribution in [0.3, 0.4) is 0 Å². The number of cyclic esters (lactones) is 1. The third kappa shape index (κ3) is 4.08. The Morgan fingerprint density at radius 1 is 1.50 bits per heavy atom. The Morgan fingerprint density at radius 2 is 2.12 bits per heavy atom. The second-order valence-electron chi connectivity index (χ2n) is 4.99. The van der Waals surface area contributed by atoms with Crippen LogP contribution in [-0.2, 0) is 14.3 Å². The summed E-state index contributed by atoms with van der Waals surface area (Å²) in [6.07, 6.45) is 0.167. The van der Waals surface area contributed by atoms with Gasteiger partial charge < -0.3 is 14.8 Å². The summed E-state index contributed by atoms with van der Waals surface area (Å²) in [7, 11) is 0. The lowest BCUT2D eigenvalue weighted by Gasteiger charge is -2.30. The predicted molar refractivity (Wildman–Crippen MR) is 57.9 cm³/mol. The Hall–Kier alpha value is -1.26. The molecule has 92 valence electrons.